The lowest BCUT2D eigenvalue weighted by atomic mass is 10.1. The Bertz CT molecular complexity index is 814. The molecule has 4 nitrogen and oxygen atoms in total. The molecule has 2 rings (SSSR count). The number of rotatable bonds is 5. The molecule has 128 valence electrons. The lowest BCUT2D eigenvalue weighted by Crippen LogP contribution is -2.53. The quantitative estimate of drug-likeness (QED) is 0.791. The molecule has 0 saturated carbocycles. The van der Waals surface area contributed by atoms with Crippen molar-refractivity contribution >= 4 is 17.8 Å². The van der Waals surface area contributed by atoms with E-state index in [2.05, 4.69) is 49.9 Å². The van der Waals surface area contributed by atoms with Crippen LogP contribution in [0.1, 0.15) is 36.4 Å². The van der Waals surface area contributed by atoms with Crippen LogP contribution >= 0.6 is 0 Å². The van der Waals surface area contributed by atoms with Crippen LogP contribution in [0.3, 0.4) is 0 Å². The zero-order valence-corrected chi connectivity index (χ0v) is 15.6. The average Bonchev–Trinajstić information content (AvgIpc) is 2.57. The first-order valence-corrected chi connectivity index (χ1v) is 8.49. The Morgan fingerprint density at radius 2 is 1.79 bits per heavy atom. The van der Waals surface area contributed by atoms with E-state index < -0.39 is 0 Å². The van der Waals surface area contributed by atoms with Crippen LogP contribution in [-0.2, 0) is 14.1 Å². The molecule has 2 aromatic rings. The SMILES string of the molecule is CCN(CC)c1ccc(C=Cc2cc(C)n(C)c(=O)[n+]2C)c(C)c1. The fourth-order valence-corrected chi connectivity index (χ4v) is 2.86. The summed E-state index contributed by atoms with van der Waals surface area (Å²) >= 11 is 0. The van der Waals surface area contributed by atoms with Crippen molar-refractivity contribution in [1.82, 2.24) is 4.57 Å². The number of nitrogens with zero attached hydrogens (tertiary/aromatic N) is 3. The van der Waals surface area contributed by atoms with E-state index in [9.17, 15) is 4.79 Å². The van der Waals surface area contributed by atoms with Gasteiger partial charge in [0.2, 0.25) is 0 Å². The second-order valence-corrected chi connectivity index (χ2v) is 6.16. The Labute approximate surface area is 144 Å². The zero-order valence-electron chi connectivity index (χ0n) is 15.6. The van der Waals surface area contributed by atoms with Crippen molar-refractivity contribution in [3.05, 3.63) is 57.3 Å². The third kappa shape index (κ3) is 3.58. The Kier molecular flexibility index (Phi) is 5.60. The van der Waals surface area contributed by atoms with Gasteiger partial charge in [0.25, 0.3) is 0 Å². The summed E-state index contributed by atoms with van der Waals surface area (Å²) in [5.74, 6) is 0. The summed E-state index contributed by atoms with van der Waals surface area (Å²) in [4.78, 5) is 14.5. The Hall–Kier alpha value is -2.36. The molecule has 1 aromatic heterocycles. The second-order valence-electron chi connectivity index (χ2n) is 6.16. The predicted molar refractivity (Wildman–Crippen MR) is 101 cm³/mol. The smallest absolute Gasteiger partial charge is 0.372 e. The highest BCUT2D eigenvalue weighted by Gasteiger charge is 2.11. The predicted octanol–water partition coefficient (Wildman–Crippen LogP) is 2.84. The summed E-state index contributed by atoms with van der Waals surface area (Å²) in [5, 5.41) is 0. The Balaban J connectivity index is 2.35. The van der Waals surface area contributed by atoms with Crippen molar-refractivity contribution in [2.75, 3.05) is 18.0 Å². The molecule has 1 heterocycles. The van der Waals surface area contributed by atoms with Crippen molar-refractivity contribution < 1.29 is 4.57 Å². The topological polar surface area (TPSA) is 29.1 Å². The van der Waals surface area contributed by atoms with Gasteiger partial charge in [0.15, 0.2) is 0 Å². The van der Waals surface area contributed by atoms with Gasteiger partial charge in [0.05, 0.1) is 14.1 Å². The number of aryl methyl sites for hydroxylation is 2. The maximum Gasteiger partial charge on any atom is 0.498 e. The summed E-state index contributed by atoms with van der Waals surface area (Å²) in [6.07, 6.45) is 4.09. The van der Waals surface area contributed by atoms with Crippen LogP contribution in [-0.4, -0.2) is 17.7 Å². The fourth-order valence-electron chi connectivity index (χ4n) is 2.86. The molecule has 0 atom stereocenters. The van der Waals surface area contributed by atoms with E-state index in [-0.39, 0.29) is 5.69 Å². The highest BCUT2D eigenvalue weighted by molar-refractivity contribution is 5.70. The third-order valence-electron chi connectivity index (χ3n) is 4.66. The highest BCUT2D eigenvalue weighted by atomic mass is 16.1. The summed E-state index contributed by atoms with van der Waals surface area (Å²) in [6, 6.07) is 8.56. The van der Waals surface area contributed by atoms with Crippen LogP contribution in [0, 0.1) is 13.8 Å². The van der Waals surface area contributed by atoms with Crippen molar-refractivity contribution in [3.63, 3.8) is 0 Å². The maximum absolute atomic E-state index is 12.2. The van der Waals surface area contributed by atoms with E-state index in [1.807, 2.05) is 19.1 Å². The van der Waals surface area contributed by atoms with E-state index in [4.69, 9.17) is 0 Å². The molecule has 0 fully saturated rings. The van der Waals surface area contributed by atoms with Gasteiger partial charge in [-0.3, -0.25) is 0 Å². The molecule has 0 spiro atoms. The van der Waals surface area contributed by atoms with E-state index in [0.29, 0.717) is 0 Å². The van der Waals surface area contributed by atoms with Gasteiger partial charge in [0.1, 0.15) is 11.4 Å². The van der Waals surface area contributed by atoms with E-state index in [1.54, 1.807) is 23.2 Å². The van der Waals surface area contributed by atoms with Gasteiger partial charge in [-0.05, 0) is 57.0 Å². The third-order valence-corrected chi connectivity index (χ3v) is 4.66. The molecular weight excluding hydrogens is 298 g/mol. The minimum Gasteiger partial charge on any atom is -0.372 e. The molecule has 0 bridgehead atoms. The van der Waals surface area contributed by atoms with Gasteiger partial charge in [0, 0.05) is 24.8 Å². The van der Waals surface area contributed by atoms with Crippen LogP contribution in [0.2, 0.25) is 0 Å². The number of hydrogen-bond donors (Lipinski definition) is 0. The van der Waals surface area contributed by atoms with Crippen molar-refractivity contribution in [2.24, 2.45) is 14.1 Å². The zero-order chi connectivity index (χ0) is 17.9. The summed E-state index contributed by atoms with van der Waals surface area (Å²) < 4.78 is 3.32. The summed E-state index contributed by atoms with van der Waals surface area (Å²) in [7, 11) is 3.60. The molecule has 24 heavy (non-hydrogen) atoms. The molecule has 0 aliphatic rings. The average molecular weight is 326 g/mol. The van der Waals surface area contributed by atoms with E-state index in [0.717, 1.165) is 24.5 Å². The summed E-state index contributed by atoms with van der Waals surface area (Å²) in [5.41, 5.74) is 5.50. The standard InChI is InChI=1S/C20H28N3O/c1-7-23(8-2)19-12-10-17(15(3)13-19)9-11-18-14-16(4)21(5)20(24)22(18)6/h9-14H,7-8H2,1-6H3/q+1. The van der Waals surface area contributed by atoms with Gasteiger partial charge in [-0.2, -0.15) is 13.9 Å². The molecule has 0 aliphatic heterocycles. The Morgan fingerprint density at radius 1 is 1.12 bits per heavy atom. The van der Waals surface area contributed by atoms with E-state index >= 15 is 0 Å². The number of hydrogen-bond acceptors (Lipinski definition) is 2. The summed E-state index contributed by atoms with van der Waals surface area (Å²) in [6.45, 7) is 10.4. The van der Waals surface area contributed by atoms with Crippen molar-refractivity contribution in [2.45, 2.75) is 27.7 Å². The Morgan fingerprint density at radius 3 is 2.38 bits per heavy atom. The molecule has 0 N–H and O–H groups in total. The first-order chi connectivity index (χ1) is 11.4. The minimum atomic E-state index is -0.0109. The molecule has 0 radical (unpaired) electrons. The molecule has 0 unspecified atom stereocenters. The van der Waals surface area contributed by atoms with Crippen molar-refractivity contribution in [1.29, 1.82) is 0 Å². The van der Waals surface area contributed by atoms with Crippen LogP contribution < -0.4 is 15.2 Å². The highest BCUT2D eigenvalue weighted by Crippen LogP contribution is 2.20. The van der Waals surface area contributed by atoms with Gasteiger partial charge in [-0.1, -0.05) is 12.1 Å². The molecule has 0 amide bonds. The van der Waals surface area contributed by atoms with Crippen LogP contribution in [0.4, 0.5) is 5.69 Å². The molecule has 0 saturated heterocycles. The first-order valence-electron chi connectivity index (χ1n) is 8.49. The van der Waals surface area contributed by atoms with E-state index in [1.165, 1.54) is 16.8 Å². The number of aromatic nitrogens is 2. The molecule has 1 aromatic carbocycles. The monoisotopic (exact) mass is 326 g/mol. The lowest BCUT2D eigenvalue weighted by molar-refractivity contribution is -0.692. The lowest BCUT2D eigenvalue weighted by Gasteiger charge is -2.21. The number of benzene rings is 1. The van der Waals surface area contributed by atoms with Gasteiger partial charge >= 0.3 is 5.69 Å². The molecule has 4 heteroatoms. The van der Waals surface area contributed by atoms with Crippen molar-refractivity contribution in [3.8, 4) is 0 Å². The van der Waals surface area contributed by atoms with Gasteiger partial charge in [-0.15, -0.1) is 0 Å². The van der Waals surface area contributed by atoms with Gasteiger partial charge < -0.3 is 4.90 Å². The second kappa shape index (κ2) is 7.47. The van der Waals surface area contributed by atoms with Gasteiger partial charge in [-0.25, -0.2) is 0 Å². The minimum absolute atomic E-state index is 0.0109. The first kappa shape index (κ1) is 18.0. The fraction of sp³-hybridized carbons (Fsp3) is 0.400. The van der Waals surface area contributed by atoms with Crippen LogP contribution in [0.25, 0.3) is 12.2 Å². The van der Waals surface area contributed by atoms with Crippen LogP contribution in [0.5, 0.6) is 0 Å². The normalized spacial score (nSPS) is 11.2. The number of anilines is 1. The largest absolute Gasteiger partial charge is 0.498 e. The molecular formula is C20H28N3O+. The molecule has 0 aliphatic carbocycles. The maximum atomic E-state index is 12.2. The van der Waals surface area contributed by atoms with Crippen LogP contribution in [0.15, 0.2) is 29.1 Å².